The summed E-state index contributed by atoms with van der Waals surface area (Å²) in [6.07, 6.45) is 0.740. The van der Waals surface area contributed by atoms with Crippen LogP contribution in [0.4, 0.5) is 16.2 Å². The molecule has 10 nitrogen and oxygen atoms in total. The predicted molar refractivity (Wildman–Crippen MR) is 195 cm³/mol. The van der Waals surface area contributed by atoms with Crippen LogP contribution < -0.4 is 15.4 Å². The van der Waals surface area contributed by atoms with Crippen LogP contribution in [0, 0.1) is 5.92 Å². The Morgan fingerprint density at radius 2 is 1.64 bits per heavy atom. The molecule has 4 aromatic rings. The number of likely N-dealkylation sites (tertiary alicyclic amines) is 1. The second-order valence-electron chi connectivity index (χ2n) is 14.4. The number of carbonyl (C=O) groups excluding carboxylic acids is 2. The third kappa shape index (κ3) is 5.65. The Morgan fingerprint density at radius 3 is 2.42 bits per heavy atom. The van der Waals surface area contributed by atoms with E-state index in [9.17, 15) is 9.59 Å². The molecule has 4 aliphatic heterocycles. The highest BCUT2D eigenvalue weighted by Crippen LogP contribution is 2.56. The molecule has 0 radical (unpaired) electrons. The van der Waals surface area contributed by atoms with Gasteiger partial charge in [0.25, 0.3) is 5.91 Å². The quantitative estimate of drug-likeness (QED) is 0.186. The fourth-order valence-electron chi connectivity index (χ4n) is 8.73. The van der Waals surface area contributed by atoms with Crippen molar-refractivity contribution in [2.24, 2.45) is 5.92 Å². The summed E-state index contributed by atoms with van der Waals surface area (Å²) in [4.78, 5) is 39.6. The van der Waals surface area contributed by atoms with Gasteiger partial charge in [0.1, 0.15) is 17.9 Å². The molecule has 1 spiro atoms. The van der Waals surface area contributed by atoms with Gasteiger partial charge < -0.3 is 25.0 Å². The summed E-state index contributed by atoms with van der Waals surface area (Å²) in [6, 6.07) is 28.4. The third-order valence-electron chi connectivity index (χ3n) is 11.2. The number of benzene rings is 4. The molecule has 0 saturated carbocycles. The zero-order valence-corrected chi connectivity index (χ0v) is 29.0. The van der Waals surface area contributed by atoms with Gasteiger partial charge in [-0.3, -0.25) is 19.5 Å². The number of amides is 3. The molecule has 0 bridgehead atoms. The molecule has 0 aromatic heterocycles. The van der Waals surface area contributed by atoms with Crippen LogP contribution in [0.15, 0.2) is 84.9 Å². The molecule has 3 amide bonds. The fourth-order valence-corrected chi connectivity index (χ4v) is 8.73. The number of carbonyl (C=O) groups is 2. The van der Waals surface area contributed by atoms with Crippen LogP contribution in [0.2, 0.25) is 0 Å². The molecule has 4 saturated heterocycles. The molecule has 8 rings (SSSR count). The number of morpholine rings is 1. The standard InChI is InChI=1S/C40H46N6O4/c1-42(2)35-15-13-33(31-10-6-7-11-32(31)35)36-23-30-25-44(24-29-12-14-34(41)37(22-29)50-26-28-8-4-3-5-9-28)27-40(30)38(47)45(39(48)46(36)40)17-16-43-18-20-49-21-19-43/h3-15,22,30,36H,16-21,23-27,41H2,1-2H3/t30-,36-,40+/m1/s1. The molecule has 260 valence electrons. The van der Waals surface area contributed by atoms with E-state index in [1.807, 2.05) is 53.4 Å². The monoisotopic (exact) mass is 674 g/mol. The minimum atomic E-state index is -0.908. The Balaban J connectivity index is 1.09. The molecular formula is C40H46N6O4. The van der Waals surface area contributed by atoms with Gasteiger partial charge >= 0.3 is 6.03 Å². The normalized spacial score (nSPS) is 23.9. The molecule has 0 aliphatic carbocycles. The van der Waals surface area contributed by atoms with Crippen LogP contribution in [0.25, 0.3) is 10.8 Å². The Hall–Kier alpha value is -4.64. The summed E-state index contributed by atoms with van der Waals surface area (Å²) >= 11 is 0. The number of rotatable bonds is 10. The van der Waals surface area contributed by atoms with Crippen LogP contribution in [-0.2, 0) is 22.7 Å². The number of urea groups is 1. The van der Waals surface area contributed by atoms with Gasteiger partial charge in [0, 0.05) is 76.9 Å². The minimum Gasteiger partial charge on any atom is -0.487 e. The van der Waals surface area contributed by atoms with Crippen molar-refractivity contribution in [1.29, 1.82) is 0 Å². The van der Waals surface area contributed by atoms with Crippen molar-refractivity contribution in [1.82, 2.24) is 19.6 Å². The summed E-state index contributed by atoms with van der Waals surface area (Å²) in [7, 11) is 4.11. The molecule has 4 heterocycles. The summed E-state index contributed by atoms with van der Waals surface area (Å²) < 4.78 is 11.7. The molecule has 4 fully saturated rings. The second kappa shape index (κ2) is 13.2. The Kier molecular flexibility index (Phi) is 8.62. The summed E-state index contributed by atoms with van der Waals surface area (Å²) in [5, 5.41) is 2.28. The van der Waals surface area contributed by atoms with Crippen molar-refractivity contribution in [3.63, 3.8) is 0 Å². The van der Waals surface area contributed by atoms with E-state index in [4.69, 9.17) is 15.2 Å². The average Bonchev–Trinajstić information content (AvgIpc) is 3.71. The number of anilines is 2. The SMILES string of the molecule is CN(C)c1ccc([C@H]2C[C@@H]3CN(Cc4ccc(N)c(OCc5ccccc5)c4)C[C@@]34C(=O)N(CCN3CCOCC3)C(=O)N24)c2ccccc12. The number of ether oxygens (including phenoxy) is 2. The highest BCUT2D eigenvalue weighted by atomic mass is 16.5. The van der Waals surface area contributed by atoms with Gasteiger partial charge in [-0.2, -0.15) is 0 Å². The van der Waals surface area contributed by atoms with Gasteiger partial charge in [0.2, 0.25) is 0 Å². The number of nitrogen functional groups attached to an aromatic ring is 1. The third-order valence-corrected chi connectivity index (χ3v) is 11.2. The van der Waals surface area contributed by atoms with Crippen LogP contribution in [-0.4, -0.2) is 104 Å². The van der Waals surface area contributed by atoms with Gasteiger partial charge in [-0.25, -0.2) is 4.79 Å². The first kappa shape index (κ1) is 32.6. The first-order valence-corrected chi connectivity index (χ1v) is 17.8. The number of hydrogen-bond acceptors (Lipinski definition) is 8. The summed E-state index contributed by atoms with van der Waals surface area (Å²) in [6.45, 7) is 6.30. The molecule has 2 N–H and O–H groups in total. The van der Waals surface area contributed by atoms with Gasteiger partial charge in [-0.15, -0.1) is 0 Å². The van der Waals surface area contributed by atoms with E-state index in [0.29, 0.717) is 57.4 Å². The molecule has 4 aromatic carbocycles. The lowest BCUT2D eigenvalue weighted by atomic mass is 9.87. The van der Waals surface area contributed by atoms with Gasteiger partial charge in [0.05, 0.1) is 24.9 Å². The predicted octanol–water partition coefficient (Wildman–Crippen LogP) is 4.98. The first-order valence-electron chi connectivity index (χ1n) is 17.8. The zero-order chi connectivity index (χ0) is 34.4. The zero-order valence-electron chi connectivity index (χ0n) is 29.0. The van der Waals surface area contributed by atoms with E-state index in [0.717, 1.165) is 59.2 Å². The largest absolute Gasteiger partial charge is 0.487 e. The number of fused-ring (bicyclic) bond motifs is 1. The Labute approximate surface area is 293 Å². The highest BCUT2D eigenvalue weighted by Gasteiger charge is 2.70. The lowest BCUT2D eigenvalue weighted by molar-refractivity contribution is -0.133. The van der Waals surface area contributed by atoms with Crippen molar-refractivity contribution in [3.05, 3.63) is 102 Å². The summed E-state index contributed by atoms with van der Waals surface area (Å²) in [5.74, 6) is 0.608. The maximum atomic E-state index is 14.7. The Bertz CT molecular complexity index is 1900. The van der Waals surface area contributed by atoms with E-state index in [1.54, 1.807) is 4.90 Å². The lowest BCUT2D eigenvalue weighted by Crippen LogP contribution is -2.51. The molecular weight excluding hydrogens is 628 g/mol. The number of nitrogens with two attached hydrogens (primary N) is 1. The topological polar surface area (TPSA) is 94.8 Å². The maximum Gasteiger partial charge on any atom is 0.328 e. The highest BCUT2D eigenvalue weighted by molar-refractivity contribution is 6.09. The van der Waals surface area contributed by atoms with Gasteiger partial charge in [-0.1, -0.05) is 66.7 Å². The molecule has 50 heavy (non-hydrogen) atoms. The number of hydrogen-bond donors (Lipinski definition) is 1. The molecule has 4 aliphatic rings. The average molecular weight is 675 g/mol. The molecule has 0 unspecified atom stereocenters. The van der Waals surface area contributed by atoms with E-state index in [-0.39, 0.29) is 23.9 Å². The maximum absolute atomic E-state index is 14.7. The fraction of sp³-hybridized carbons (Fsp3) is 0.400. The van der Waals surface area contributed by atoms with E-state index >= 15 is 0 Å². The van der Waals surface area contributed by atoms with Crippen LogP contribution >= 0.6 is 0 Å². The van der Waals surface area contributed by atoms with E-state index < -0.39 is 5.54 Å². The number of imide groups is 1. The second-order valence-corrected chi connectivity index (χ2v) is 14.4. The van der Waals surface area contributed by atoms with Crippen molar-refractivity contribution < 1.29 is 19.1 Å². The van der Waals surface area contributed by atoms with Crippen molar-refractivity contribution in [3.8, 4) is 5.75 Å². The molecule has 10 heteroatoms. The van der Waals surface area contributed by atoms with E-state index in [1.165, 1.54) is 0 Å². The van der Waals surface area contributed by atoms with Crippen LogP contribution in [0.3, 0.4) is 0 Å². The van der Waals surface area contributed by atoms with Gasteiger partial charge in [0.15, 0.2) is 0 Å². The summed E-state index contributed by atoms with van der Waals surface area (Å²) in [5.41, 5.74) is 10.4. The van der Waals surface area contributed by atoms with Crippen molar-refractivity contribution in [2.75, 3.05) is 77.2 Å². The Morgan fingerprint density at radius 1 is 0.880 bits per heavy atom. The van der Waals surface area contributed by atoms with Gasteiger partial charge in [-0.05, 0) is 46.7 Å². The first-order chi connectivity index (χ1) is 24.3. The molecule has 3 atom stereocenters. The lowest BCUT2D eigenvalue weighted by Gasteiger charge is -2.32. The number of nitrogens with zero attached hydrogens (tertiary/aromatic N) is 5. The smallest absolute Gasteiger partial charge is 0.328 e. The minimum absolute atomic E-state index is 0.00667. The van der Waals surface area contributed by atoms with Crippen molar-refractivity contribution >= 4 is 34.1 Å². The van der Waals surface area contributed by atoms with Crippen LogP contribution in [0.1, 0.15) is 29.2 Å². The van der Waals surface area contributed by atoms with Crippen molar-refractivity contribution in [2.45, 2.75) is 31.2 Å². The van der Waals surface area contributed by atoms with E-state index in [2.05, 4.69) is 65.2 Å². The van der Waals surface area contributed by atoms with Crippen LogP contribution in [0.5, 0.6) is 5.75 Å².